The third-order valence-electron chi connectivity index (χ3n) is 4.42. The Morgan fingerprint density at radius 3 is 2.78 bits per heavy atom. The second-order valence-electron chi connectivity index (χ2n) is 7.01. The summed E-state index contributed by atoms with van der Waals surface area (Å²) < 4.78 is 2.82. The zero-order valence-electron chi connectivity index (χ0n) is 13.5. The van der Waals surface area contributed by atoms with Crippen molar-refractivity contribution in [3.63, 3.8) is 0 Å². The summed E-state index contributed by atoms with van der Waals surface area (Å²) in [7, 11) is 0. The highest BCUT2D eigenvalue weighted by molar-refractivity contribution is 9.10. The number of hydrogen-bond donors (Lipinski definition) is 1. The van der Waals surface area contributed by atoms with Crippen LogP contribution in [0, 0.1) is 5.41 Å². The van der Waals surface area contributed by atoms with Gasteiger partial charge in [-0.05, 0) is 33.5 Å². The Balaban J connectivity index is 1.96. The number of halogens is 1. The number of rotatable bonds is 1. The lowest BCUT2D eigenvalue weighted by atomic mass is 9.84. The van der Waals surface area contributed by atoms with Crippen molar-refractivity contribution in [1.82, 2.24) is 14.5 Å². The molecule has 1 amide bonds. The standard InChI is InChI=1S/C16H21BrN4O2/c1-16(2,3)14-10-19(6-7-20(14)15(22)23)12-4-5-18-21-9-11(17)8-13(12)21/h4-5,8-9,14H,6-7,10H2,1-3H3,(H,22,23). The summed E-state index contributed by atoms with van der Waals surface area (Å²) in [6, 6.07) is 3.98. The van der Waals surface area contributed by atoms with Crippen LogP contribution < -0.4 is 4.90 Å². The third kappa shape index (κ3) is 3.02. The Kier molecular flexibility index (Phi) is 4.00. The molecule has 23 heavy (non-hydrogen) atoms. The quantitative estimate of drug-likeness (QED) is 0.824. The average Bonchev–Trinajstić information content (AvgIpc) is 2.85. The molecular weight excluding hydrogens is 360 g/mol. The maximum Gasteiger partial charge on any atom is 0.407 e. The summed E-state index contributed by atoms with van der Waals surface area (Å²) in [4.78, 5) is 15.4. The molecule has 7 heteroatoms. The van der Waals surface area contributed by atoms with Gasteiger partial charge in [0.15, 0.2) is 0 Å². The van der Waals surface area contributed by atoms with Gasteiger partial charge in [0, 0.05) is 36.5 Å². The SMILES string of the molecule is CC(C)(C)C1CN(c2ccnn3cc(Br)cc23)CCN1C(=O)O. The van der Waals surface area contributed by atoms with Crippen molar-refractivity contribution in [1.29, 1.82) is 0 Å². The zero-order chi connectivity index (χ0) is 16.8. The molecule has 1 N–H and O–H groups in total. The smallest absolute Gasteiger partial charge is 0.407 e. The Bertz CT molecular complexity index is 737. The Labute approximate surface area is 143 Å². The predicted molar refractivity (Wildman–Crippen MR) is 93.1 cm³/mol. The van der Waals surface area contributed by atoms with E-state index in [4.69, 9.17) is 0 Å². The molecule has 1 aliphatic heterocycles. The van der Waals surface area contributed by atoms with Crippen LogP contribution in [0.2, 0.25) is 0 Å². The van der Waals surface area contributed by atoms with Crippen molar-refractivity contribution in [2.75, 3.05) is 24.5 Å². The summed E-state index contributed by atoms with van der Waals surface area (Å²) >= 11 is 3.49. The normalized spacial score (nSPS) is 19.4. The molecule has 1 atom stereocenters. The van der Waals surface area contributed by atoms with Crippen molar-refractivity contribution < 1.29 is 9.90 Å². The molecule has 0 bridgehead atoms. The summed E-state index contributed by atoms with van der Waals surface area (Å²) in [5.41, 5.74) is 1.99. The summed E-state index contributed by atoms with van der Waals surface area (Å²) in [5.74, 6) is 0. The van der Waals surface area contributed by atoms with Gasteiger partial charge in [-0.3, -0.25) is 0 Å². The minimum atomic E-state index is -0.838. The first kappa shape index (κ1) is 16.1. The van der Waals surface area contributed by atoms with Gasteiger partial charge in [0.1, 0.15) is 0 Å². The number of carbonyl (C=O) groups is 1. The third-order valence-corrected chi connectivity index (χ3v) is 4.85. The Morgan fingerprint density at radius 1 is 1.39 bits per heavy atom. The van der Waals surface area contributed by atoms with Crippen molar-refractivity contribution in [2.45, 2.75) is 26.8 Å². The van der Waals surface area contributed by atoms with Gasteiger partial charge in [-0.1, -0.05) is 20.8 Å². The lowest BCUT2D eigenvalue weighted by Gasteiger charge is -2.46. The fourth-order valence-electron chi connectivity index (χ4n) is 3.21. The van der Waals surface area contributed by atoms with Gasteiger partial charge in [0.05, 0.1) is 17.2 Å². The van der Waals surface area contributed by atoms with Gasteiger partial charge < -0.3 is 14.9 Å². The second-order valence-corrected chi connectivity index (χ2v) is 7.92. The van der Waals surface area contributed by atoms with Gasteiger partial charge in [0.2, 0.25) is 0 Å². The van der Waals surface area contributed by atoms with Crippen LogP contribution in [-0.2, 0) is 0 Å². The molecule has 1 saturated heterocycles. The monoisotopic (exact) mass is 380 g/mol. The molecule has 0 aliphatic carbocycles. The fraction of sp³-hybridized carbons (Fsp3) is 0.500. The minimum Gasteiger partial charge on any atom is -0.465 e. The second kappa shape index (κ2) is 5.70. The van der Waals surface area contributed by atoms with E-state index in [9.17, 15) is 9.90 Å². The highest BCUT2D eigenvalue weighted by Crippen LogP contribution is 2.32. The highest BCUT2D eigenvalue weighted by atomic mass is 79.9. The van der Waals surface area contributed by atoms with Gasteiger partial charge in [-0.25, -0.2) is 9.31 Å². The molecule has 1 unspecified atom stereocenters. The molecule has 0 spiro atoms. The average molecular weight is 381 g/mol. The van der Waals surface area contributed by atoms with E-state index in [0.29, 0.717) is 19.6 Å². The molecule has 2 aromatic rings. The van der Waals surface area contributed by atoms with Gasteiger partial charge in [-0.2, -0.15) is 5.10 Å². The summed E-state index contributed by atoms with van der Waals surface area (Å²) in [6.07, 6.45) is 2.87. The summed E-state index contributed by atoms with van der Waals surface area (Å²) in [6.45, 7) is 8.14. The minimum absolute atomic E-state index is 0.0552. The van der Waals surface area contributed by atoms with Crippen molar-refractivity contribution in [2.24, 2.45) is 5.41 Å². The van der Waals surface area contributed by atoms with Gasteiger partial charge in [0.25, 0.3) is 0 Å². The number of carboxylic acid groups (broad SMARTS) is 1. The van der Waals surface area contributed by atoms with E-state index in [1.807, 2.05) is 22.8 Å². The van der Waals surface area contributed by atoms with E-state index in [0.717, 1.165) is 15.7 Å². The van der Waals surface area contributed by atoms with E-state index in [-0.39, 0.29) is 11.5 Å². The molecule has 2 aromatic heterocycles. The van der Waals surface area contributed by atoms with Crippen molar-refractivity contribution in [3.05, 3.63) is 29.0 Å². The van der Waals surface area contributed by atoms with Gasteiger partial charge in [-0.15, -0.1) is 0 Å². The molecule has 0 radical (unpaired) electrons. The van der Waals surface area contributed by atoms with Crippen LogP contribution in [0.4, 0.5) is 10.5 Å². The van der Waals surface area contributed by atoms with Crippen LogP contribution in [-0.4, -0.2) is 51.4 Å². The van der Waals surface area contributed by atoms with Crippen LogP contribution in [0.25, 0.3) is 5.52 Å². The van der Waals surface area contributed by atoms with Crippen molar-refractivity contribution in [3.8, 4) is 0 Å². The van der Waals surface area contributed by atoms with Crippen LogP contribution in [0.1, 0.15) is 20.8 Å². The van der Waals surface area contributed by atoms with Crippen LogP contribution in [0.5, 0.6) is 0 Å². The van der Waals surface area contributed by atoms with Gasteiger partial charge >= 0.3 is 6.09 Å². The first-order chi connectivity index (χ1) is 10.8. The fourth-order valence-corrected chi connectivity index (χ4v) is 3.62. The predicted octanol–water partition coefficient (Wildman–Crippen LogP) is 3.31. The van der Waals surface area contributed by atoms with E-state index < -0.39 is 6.09 Å². The maximum absolute atomic E-state index is 11.6. The summed E-state index contributed by atoms with van der Waals surface area (Å²) in [5, 5.41) is 13.8. The maximum atomic E-state index is 11.6. The number of amides is 1. The molecule has 3 heterocycles. The Hall–Kier alpha value is -1.76. The van der Waals surface area contributed by atoms with E-state index in [1.54, 1.807) is 11.1 Å². The van der Waals surface area contributed by atoms with E-state index >= 15 is 0 Å². The molecule has 3 rings (SSSR count). The molecule has 124 valence electrons. The number of aromatic nitrogens is 2. The number of nitrogens with zero attached hydrogens (tertiary/aromatic N) is 4. The van der Waals surface area contributed by atoms with Crippen LogP contribution >= 0.6 is 15.9 Å². The first-order valence-electron chi connectivity index (χ1n) is 7.65. The Morgan fingerprint density at radius 2 is 2.13 bits per heavy atom. The number of anilines is 1. The lowest BCUT2D eigenvalue weighted by molar-refractivity contribution is 0.0749. The topological polar surface area (TPSA) is 61.1 Å². The zero-order valence-corrected chi connectivity index (χ0v) is 15.1. The van der Waals surface area contributed by atoms with Crippen LogP contribution in [0.3, 0.4) is 0 Å². The molecule has 0 saturated carbocycles. The first-order valence-corrected chi connectivity index (χ1v) is 8.44. The molecule has 6 nitrogen and oxygen atoms in total. The molecule has 1 fully saturated rings. The van der Waals surface area contributed by atoms with E-state index in [2.05, 4.69) is 46.7 Å². The molecule has 1 aliphatic rings. The number of piperazine rings is 1. The number of hydrogen-bond acceptors (Lipinski definition) is 3. The lowest BCUT2D eigenvalue weighted by Crippen LogP contribution is -2.59. The number of fused-ring (bicyclic) bond motifs is 1. The largest absolute Gasteiger partial charge is 0.465 e. The van der Waals surface area contributed by atoms with Crippen LogP contribution in [0.15, 0.2) is 29.0 Å². The molecular formula is C16H21BrN4O2. The molecule has 0 aromatic carbocycles. The van der Waals surface area contributed by atoms with Crippen molar-refractivity contribution >= 4 is 33.2 Å². The highest BCUT2D eigenvalue weighted by Gasteiger charge is 2.38. The van der Waals surface area contributed by atoms with E-state index in [1.165, 1.54) is 0 Å².